The molecule has 1 heterocycles. The van der Waals surface area contributed by atoms with E-state index >= 15 is 0 Å². The van der Waals surface area contributed by atoms with Crippen LogP contribution in [0.5, 0.6) is 5.88 Å². The Bertz CT molecular complexity index is 1220. The summed E-state index contributed by atoms with van der Waals surface area (Å²) >= 11 is 0. The van der Waals surface area contributed by atoms with Gasteiger partial charge < -0.3 is 10.4 Å². The summed E-state index contributed by atoms with van der Waals surface area (Å²) in [6.07, 6.45) is -4.47. The third kappa shape index (κ3) is 3.52. The van der Waals surface area contributed by atoms with Gasteiger partial charge in [0.1, 0.15) is 0 Å². The van der Waals surface area contributed by atoms with E-state index in [0.717, 1.165) is 16.8 Å². The maximum absolute atomic E-state index is 13.1. The van der Waals surface area contributed by atoms with Crippen LogP contribution in [-0.4, -0.2) is 20.8 Å². The molecular weight excluding hydrogens is 383 g/mol. The second-order valence-corrected chi connectivity index (χ2v) is 6.31. The number of alkyl halides is 3. The molecule has 0 saturated heterocycles. The summed E-state index contributed by atoms with van der Waals surface area (Å²) in [7, 11) is 0. The van der Waals surface area contributed by atoms with Crippen molar-refractivity contribution >= 4 is 28.2 Å². The molecule has 3 aromatic carbocycles. The van der Waals surface area contributed by atoms with Gasteiger partial charge in [0, 0.05) is 5.69 Å². The van der Waals surface area contributed by atoms with Crippen LogP contribution in [0.25, 0.3) is 10.9 Å². The number of aromatic nitrogens is 2. The normalized spacial score (nSPS) is 11.6. The Morgan fingerprint density at radius 1 is 0.966 bits per heavy atom. The average Bonchev–Trinajstić information content (AvgIpc) is 3.04. The van der Waals surface area contributed by atoms with Crippen molar-refractivity contribution in [2.24, 2.45) is 0 Å². The van der Waals surface area contributed by atoms with Crippen molar-refractivity contribution in [2.75, 3.05) is 5.32 Å². The Hall–Kier alpha value is -3.81. The van der Waals surface area contributed by atoms with Gasteiger partial charge in [-0.2, -0.15) is 17.9 Å². The highest BCUT2D eigenvalue weighted by Gasteiger charge is 2.30. The van der Waals surface area contributed by atoms with E-state index in [1.165, 1.54) is 18.2 Å². The number of carbonyl (C=O) groups is 1. The van der Waals surface area contributed by atoms with Crippen molar-refractivity contribution in [2.45, 2.75) is 6.18 Å². The molecule has 8 heteroatoms. The van der Waals surface area contributed by atoms with Crippen LogP contribution in [0.4, 0.5) is 24.5 Å². The van der Waals surface area contributed by atoms with Crippen molar-refractivity contribution in [3.8, 4) is 5.88 Å². The van der Waals surface area contributed by atoms with Crippen LogP contribution >= 0.6 is 0 Å². The van der Waals surface area contributed by atoms with Gasteiger partial charge >= 0.3 is 6.18 Å². The average molecular weight is 397 g/mol. The predicted molar refractivity (Wildman–Crippen MR) is 102 cm³/mol. The Balaban J connectivity index is 1.73. The quantitative estimate of drug-likeness (QED) is 0.499. The molecule has 0 amide bonds. The van der Waals surface area contributed by atoms with Crippen LogP contribution < -0.4 is 5.32 Å². The summed E-state index contributed by atoms with van der Waals surface area (Å²) < 4.78 is 40.0. The molecule has 0 aliphatic heterocycles. The molecule has 1 aromatic heterocycles. The van der Waals surface area contributed by atoms with Crippen molar-refractivity contribution in [1.29, 1.82) is 0 Å². The van der Waals surface area contributed by atoms with Crippen LogP contribution in [0.2, 0.25) is 0 Å². The zero-order chi connectivity index (χ0) is 20.6. The number of carbonyl (C=O) groups excluding carboxylic acids is 1. The van der Waals surface area contributed by atoms with Crippen LogP contribution in [0, 0.1) is 0 Å². The number of hydrogen-bond acceptors (Lipinski definition) is 4. The second-order valence-electron chi connectivity index (χ2n) is 6.31. The monoisotopic (exact) mass is 397 g/mol. The highest BCUT2D eigenvalue weighted by Crippen LogP contribution is 2.32. The van der Waals surface area contributed by atoms with Gasteiger partial charge in [0.15, 0.2) is 0 Å². The van der Waals surface area contributed by atoms with E-state index in [0.29, 0.717) is 16.6 Å². The molecule has 146 valence electrons. The summed E-state index contributed by atoms with van der Waals surface area (Å²) in [6, 6.07) is 17.8. The van der Waals surface area contributed by atoms with Gasteiger partial charge in [-0.25, -0.2) is 0 Å². The summed E-state index contributed by atoms with van der Waals surface area (Å²) in [5.74, 6) is -0.811. The fourth-order valence-corrected chi connectivity index (χ4v) is 3.03. The van der Waals surface area contributed by atoms with E-state index in [1.807, 2.05) is 0 Å². The molecule has 4 rings (SSSR count). The van der Waals surface area contributed by atoms with Gasteiger partial charge in [0.2, 0.25) is 5.88 Å². The summed E-state index contributed by atoms with van der Waals surface area (Å²) in [5, 5.41) is 17.2. The van der Waals surface area contributed by atoms with E-state index in [4.69, 9.17) is 0 Å². The zero-order valence-corrected chi connectivity index (χ0v) is 14.8. The fraction of sp³-hybridized carbons (Fsp3) is 0.0476. The minimum absolute atomic E-state index is 0.188. The van der Waals surface area contributed by atoms with Crippen LogP contribution in [-0.2, 0) is 6.18 Å². The number of anilines is 2. The second kappa shape index (κ2) is 6.97. The number of fused-ring (bicyclic) bond motifs is 1. The van der Waals surface area contributed by atoms with E-state index < -0.39 is 17.6 Å². The van der Waals surface area contributed by atoms with Gasteiger partial charge in [-0.05, 0) is 42.5 Å². The van der Waals surface area contributed by atoms with Crippen molar-refractivity contribution < 1.29 is 23.1 Å². The molecule has 0 unspecified atom stereocenters. The molecule has 0 atom stereocenters. The van der Waals surface area contributed by atoms with E-state index in [1.54, 1.807) is 42.5 Å². The van der Waals surface area contributed by atoms with E-state index in [-0.39, 0.29) is 17.1 Å². The summed E-state index contributed by atoms with van der Waals surface area (Å²) in [4.78, 5) is 13.1. The van der Waals surface area contributed by atoms with Gasteiger partial charge in [-0.3, -0.25) is 4.79 Å². The maximum atomic E-state index is 13.1. The third-order valence-electron chi connectivity index (χ3n) is 4.39. The molecule has 0 spiro atoms. The van der Waals surface area contributed by atoms with Crippen molar-refractivity contribution in [3.63, 3.8) is 0 Å². The molecule has 0 fully saturated rings. The maximum Gasteiger partial charge on any atom is 0.416 e. The zero-order valence-electron chi connectivity index (χ0n) is 14.8. The third-order valence-corrected chi connectivity index (χ3v) is 4.39. The predicted octanol–water partition coefficient (Wildman–Crippen LogP) is 5.19. The molecule has 4 aromatic rings. The number of benzene rings is 3. The Morgan fingerprint density at radius 3 is 2.48 bits per heavy atom. The Kier molecular flexibility index (Phi) is 4.46. The van der Waals surface area contributed by atoms with Gasteiger partial charge in [0.25, 0.3) is 5.91 Å². The molecular formula is C21H14F3N3O2. The molecule has 5 nitrogen and oxygen atoms in total. The number of para-hydroxylation sites is 2. The molecule has 2 N–H and O–H groups in total. The lowest BCUT2D eigenvalue weighted by Gasteiger charge is -2.13. The van der Waals surface area contributed by atoms with Gasteiger partial charge in [0.05, 0.1) is 27.7 Å². The molecule has 0 radical (unpaired) electrons. The first-order valence-electron chi connectivity index (χ1n) is 8.59. The largest absolute Gasteiger partial charge is 0.492 e. The highest BCUT2D eigenvalue weighted by molar-refractivity contribution is 6.05. The van der Waals surface area contributed by atoms with Crippen molar-refractivity contribution in [1.82, 2.24) is 9.78 Å². The summed E-state index contributed by atoms with van der Waals surface area (Å²) in [5.41, 5.74) is 0.320. The van der Waals surface area contributed by atoms with Gasteiger partial charge in [-0.15, -0.1) is 5.10 Å². The molecule has 0 bridgehead atoms. The van der Waals surface area contributed by atoms with E-state index in [2.05, 4.69) is 10.4 Å². The number of nitrogens with zero attached hydrogens (tertiary/aromatic N) is 2. The van der Waals surface area contributed by atoms with Crippen molar-refractivity contribution in [3.05, 3.63) is 83.9 Å². The number of halogens is 3. The molecule has 0 saturated carbocycles. The topological polar surface area (TPSA) is 67.2 Å². The lowest BCUT2D eigenvalue weighted by molar-refractivity contribution is -0.137. The van der Waals surface area contributed by atoms with E-state index in [9.17, 15) is 23.1 Å². The molecule has 0 aliphatic carbocycles. The number of rotatable bonds is 3. The molecule has 0 aliphatic rings. The fourth-order valence-electron chi connectivity index (χ4n) is 3.03. The first kappa shape index (κ1) is 18.5. The SMILES string of the molecule is O=C(c1ccccc1Nc1cccc(C(F)(F)F)c1)n1nc(O)c2ccccc21. The number of nitrogens with one attached hydrogen (secondary N) is 1. The number of hydrogen-bond donors (Lipinski definition) is 2. The Labute approximate surface area is 163 Å². The number of aromatic hydroxyl groups is 1. The minimum atomic E-state index is -4.47. The summed E-state index contributed by atoms with van der Waals surface area (Å²) in [6.45, 7) is 0. The van der Waals surface area contributed by atoms with Crippen LogP contribution in [0.3, 0.4) is 0 Å². The molecule has 29 heavy (non-hydrogen) atoms. The smallest absolute Gasteiger partial charge is 0.416 e. The first-order chi connectivity index (χ1) is 13.8. The van der Waals surface area contributed by atoms with Crippen LogP contribution in [0.15, 0.2) is 72.8 Å². The standard InChI is InChI=1S/C21H14F3N3O2/c22-21(23,24)13-6-5-7-14(12-13)25-17-10-3-1-8-15(17)20(29)27-18-11-4-2-9-16(18)19(28)26-27/h1-12,25H,(H,26,28). The van der Waals surface area contributed by atoms with Gasteiger partial charge in [-0.1, -0.05) is 30.3 Å². The lowest BCUT2D eigenvalue weighted by Crippen LogP contribution is -2.15. The highest BCUT2D eigenvalue weighted by atomic mass is 19.4. The van der Waals surface area contributed by atoms with Crippen LogP contribution in [0.1, 0.15) is 15.9 Å². The first-order valence-corrected chi connectivity index (χ1v) is 8.59. The Morgan fingerprint density at radius 2 is 1.69 bits per heavy atom. The lowest BCUT2D eigenvalue weighted by atomic mass is 10.1. The minimum Gasteiger partial charge on any atom is -0.492 e.